The number of aromatic nitrogens is 3. The summed E-state index contributed by atoms with van der Waals surface area (Å²) in [5, 5.41) is 0. The van der Waals surface area contributed by atoms with Gasteiger partial charge in [-0.2, -0.15) is 4.98 Å². The summed E-state index contributed by atoms with van der Waals surface area (Å²) in [6, 6.07) is 4.44. The van der Waals surface area contributed by atoms with E-state index in [0.717, 1.165) is 5.82 Å². The molecule has 1 aliphatic rings. The lowest BCUT2D eigenvalue weighted by Gasteiger charge is -2.25. The predicted octanol–water partition coefficient (Wildman–Crippen LogP) is 3.23. The van der Waals surface area contributed by atoms with Crippen molar-refractivity contribution in [2.24, 2.45) is 0 Å². The molecule has 7 nitrogen and oxygen atoms in total. The number of aryl methyl sites for hydroxylation is 2. The maximum atomic E-state index is 14.4. The van der Waals surface area contributed by atoms with Gasteiger partial charge in [0.1, 0.15) is 11.6 Å². The van der Waals surface area contributed by atoms with Crippen molar-refractivity contribution in [1.29, 1.82) is 0 Å². The maximum Gasteiger partial charge on any atom is 0.347 e. The summed E-state index contributed by atoms with van der Waals surface area (Å²) in [6.07, 6.45) is 3.64. The minimum Gasteiger partial charge on any atom is -0.478 e. The Morgan fingerprint density at radius 2 is 2.30 bits per heavy atom. The number of carbonyl (C=O) groups excluding carboxylic acids is 1. The molecule has 1 aliphatic heterocycles. The first kappa shape index (κ1) is 17.3. The highest BCUT2D eigenvalue weighted by Crippen LogP contribution is 2.35. The van der Waals surface area contributed by atoms with Gasteiger partial charge in [0, 0.05) is 18.3 Å². The second-order valence-corrected chi connectivity index (χ2v) is 6.19. The van der Waals surface area contributed by atoms with Crippen LogP contribution >= 0.6 is 0 Å². The first-order valence-electron chi connectivity index (χ1n) is 8.69. The molecule has 4 rings (SSSR count). The molecule has 0 bridgehead atoms. The Bertz CT molecular complexity index is 1020. The van der Waals surface area contributed by atoms with Crippen LogP contribution in [0, 0.1) is 12.7 Å². The molecule has 0 radical (unpaired) electrons. The Kier molecular flexibility index (Phi) is 4.39. The molecule has 2 aromatic heterocycles. The van der Waals surface area contributed by atoms with E-state index in [-0.39, 0.29) is 18.2 Å². The first-order valence-corrected chi connectivity index (χ1v) is 8.69. The topological polar surface area (TPSA) is 75.0 Å². The molecule has 0 N–H and O–H groups in total. The first-order chi connectivity index (χ1) is 13.0. The Morgan fingerprint density at radius 1 is 1.44 bits per heavy atom. The van der Waals surface area contributed by atoms with Crippen LogP contribution < -0.4 is 9.47 Å². The van der Waals surface area contributed by atoms with Gasteiger partial charge in [-0.1, -0.05) is 0 Å². The number of nitrogens with zero attached hydrogens (tertiary/aromatic N) is 3. The monoisotopic (exact) mass is 371 g/mol. The molecule has 140 valence electrons. The lowest BCUT2D eigenvalue weighted by molar-refractivity contribution is -0.152. The van der Waals surface area contributed by atoms with Gasteiger partial charge in [0.15, 0.2) is 23.3 Å². The summed E-state index contributed by atoms with van der Waals surface area (Å²) in [5.41, 5.74) is 1.29. The van der Waals surface area contributed by atoms with E-state index in [0.29, 0.717) is 29.8 Å². The zero-order chi connectivity index (χ0) is 19.0. The number of hydrogen-bond donors (Lipinski definition) is 0. The van der Waals surface area contributed by atoms with Crippen molar-refractivity contribution >= 4 is 11.6 Å². The predicted molar refractivity (Wildman–Crippen MR) is 93.6 cm³/mol. The zero-order valence-electron chi connectivity index (χ0n) is 14.9. The van der Waals surface area contributed by atoms with E-state index in [1.165, 1.54) is 12.1 Å². The van der Waals surface area contributed by atoms with Crippen LogP contribution in [0.1, 0.15) is 24.7 Å². The number of imidazole rings is 1. The fraction of sp³-hybridized carbons (Fsp3) is 0.316. The number of ether oxygens (including phenoxy) is 3. The number of benzene rings is 1. The quantitative estimate of drug-likeness (QED) is 0.656. The van der Waals surface area contributed by atoms with E-state index in [9.17, 15) is 9.18 Å². The van der Waals surface area contributed by atoms with E-state index in [2.05, 4.69) is 9.97 Å². The van der Waals surface area contributed by atoms with Crippen LogP contribution in [0.2, 0.25) is 0 Å². The summed E-state index contributed by atoms with van der Waals surface area (Å²) in [5.74, 6) is 0.487. The summed E-state index contributed by atoms with van der Waals surface area (Å²) in [7, 11) is 0. The van der Waals surface area contributed by atoms with Crippen molar-refractivity contribution in [3.63, 3.8) is 0 Å². The maximum absolute atomic E-state index is 14.4. The molecule has 27 heavy (non-hydrogen) atoms. The third-order valence-electron chi connectivity index (χ3n) is 4.38. The van der Waals surface area contributed by atoms with Crippen LogP contribution in [-0.2, 0) is 16.0 Å². The number of fused-ring (bicyclic) bond motifs is 2. The molecule has 3 aromatic rings. The normalized spacial score (nSPS) is 15.9. The Morgan fingerprint density at radius 3 is 3.11 bits per heavy atom. The van der Waals surface area contributed by atoms with Gasteiger partial charge in [0.05, 0.1) is 12.8 Å². The Hall–Kier alpha value is -3.16. The van der Waals surface area contributed by atoms with E-state index in [1.54, 1.807) is 29.8 Å². The van der Waals surface area contributed by atoms with E-state index in [1.807, 2.05) is 6.92 Å². The molecule has 3 heterocycles. The number of hydrogen-bond acceptors (Lipinski definition) is 6. The van der Waals surface area contributed by atoms with Crippen LogP contribution in [0.4, 0.5) is 4.39 Å². The van der Waals surface area contributed by atoms with Gasteiger partial charge in [-0.25, -0.2) is 14.2 Å². The average molecular weight is 371 g/mol. The van der Waals surface area contributed by atoms with Crippen molar-refractivity contribution in [1.82, 2.24) is 14.4 Å². The number of halogens is 1. The molecule has 0 fully saturated rings. The fourth-order valence-corrected chi connectivity index (χ4v) is 3.03. The zero-order valence-corrected chi connectivity index (χ0v) is 14.9. The minimum absolute atomic E-state index is 0.0219. The molecule has 8 heteroatoms. The number of esters is 1. The van der Waals surface area contributed by atoms with Crippen molar-refractivity contribution < 1.29 is 23.4 Å². The second-order valence-electron chi connectivity index (χ2n) is 6.19. The average Bonchev–Trinajstić information content (AvgIpc) is 3.02. The lowest BCUT2D eigenvalue weighted by Crippen LogP contribution is -2.32. The smallest absolute Gasteiger partial charge is 0.347 e. The molecule has 0 amide bonds. The van der Waals surface area contributed by atoms with Gasteiger partial charge in [0.2, 0.25) is 5.88 Å². The van der Waals surface area contributed by atoms with Crippen molar-refractivity contribution in [3.8, 4) is 17.4 Å². The second kappa shape index (κ2) is 6.86. The largest absolute Gasteiger partial charge is 0.478 e. The van der Waals surface area contributed by atoms with Gasteiger partial charge >= 0.3 is 5.97 Å². The van der Waals surface area contributed by atoms with Gasteiger partial charge in [0.25, 0.3) is 0 Å². The van der Waals surface area contributed by atoms with Crippen LogP contribution in [0.15, 0.2) is 30.6 Å². The Labute approximate surface area is 154 Å². The highest BCUT2D eigenvalue weighted by Gasteiger charge is 2.28. The standard InChI is InChI=1S/C19H18FN3O4/c1-3-25-19(24)14-5-4-12-8-13(20)16(9-15(12)26-14)27-18-6-7-23-11(2)21-10-17(23)22-18/h6-10,14H,3-5H2,1-2H3. The number of carbonyl (C=O) groups is 1. The van der Waals surface area contributed by atoms with E-state index >= 15 is 0 Å². The highest BCUT2D eigenvalue weighted by atomic mass is 19.1. The molecule has 1 aromatic carbocycles. The molecule has 0 saturated carbocycles. The van der Waals surface area contributed by atoms with Gasteiger partial charge in [-0.05, 0) is 38.3 Å². The summed E-state index contributed by atoms with van der Waals surface area (Å²) >= 11 is 0. The summed E-state index contributed by atoms with van der Waals surface area (Å²) < 4.78 is 32.5. The van der Waals surface area contributed by atoms with Crippen LogP contribution in [-0.4, -0.2) is 33.0 Å². The molecular weight excluding hydrogens is 353 g/mol. The van der Waals surface area contributed by atoms with Crippen LogP contribution in [0.25, 0.3) is 5.65 Å². The third-order valence-corrected chi connectivity index (χ3v) is 4.38. The van der Waals surface area contributed by atoms with Gasteiger partial charge < -0.3 is 14.2 Å². The van der Waals surface area contributed by atoms with E-state index < -0.39 is 17.9 Å². The van der Waals surface area contributed by atoms with Gasteiger partial charge in [-0.15, -0.1) is 0 Å². The van der Waals surface area contributed by atoms with E-state index in [4.69, 9.17) is 14.2 Å². The number of rotatable bonds is 4. The van der Waals surface area contributed by atoms with Crippen molar-refractivity contribution in [2.75, 3.05) is 6.61 Å². The summed E-state index contributed by atoms with van der Waals surface area (Å²) in [4.78, 5) is 20.4. The summed E-state index contributed by atoms with van der Waals surface area (Å²) in [6.45, 7) is 3.88. The van der Waals surface area contributed by atoms with Crippen LogP contribution in [0.5, 0.6) is 17.4 Å². The van der Waals surface area contributed by atoms with Crippen molar-refractivity contribution in [2.45, 2.75) is 32.8 Å². The molecule has 0 saturated heterocycles. The van der Waals surface area contributed by atoms with Crippen LogP contribution in [0.3, 0.4) is 0 Å². The third kappa shape index (κ3) is 3.30. The minimum atomic E-state index is -0.694. The fourth-order valence-electron chi connectivity index (χ4n) is 3.03. The lowest BCUT2D eigenvalue weighted by atomic mass is 10.0. The molecule has 1 atom stereocenters. The van der Waals surface area contributed by atoms with Crippen molar-refractivity contribution in [3.05, 3.63) is 47.8 Å². The SMILES string of the molecule is CCOC(=O)C1CCc2cc(F)c(Oc3ccn4c(C)ncc4n3)cc2O1. The molecular formula is C19H18FN3O4. The Balaban J connectivity index is 1.60. The van der Waals surface area contributed by atoms with Gasteiger partial charge in [-0.3, -0.25) is 4.40 Å². The molecule has 1 unspecified atom stereocenters. The molecule has 0 aliphatic carbocycles. The molecule has 0 spiro atoms. The highest BCUT2D eigenvalue weighted by molar-refractivity contribution is 5.75.